The van der Waals surface area contributed by atoms with Crippen molar-refractivity contribution in [3.8, 4) is 6.07 Å². The van der Waals surface area contributed by atoms with Gasteiger partial charge in [0.05, 0.1) is 27.5 Å². The van der Waals surface area contributed by atoms with Crippen LogP contribution in [-0.4, -0.2) is 17.0 Å². The second-order valence-corrected chi connectivity index (χ2v) is 5.26. The number of carbonyl (C=O) groups excluding carboxylic acids is 1. The van der Waals surface area contributed by atoms with E-state index in [4.69, 9.17) is 23.2 Å². The maximum Gasteiger partial charge on any atom is 0.268 e. The van der Waals surface area contributed by atoms with Crippen LogP contribution in [0.2, 0.25) is 10.0 Å². The number of hydrogen-bond donors (Lipinski definition) is 1. The molecule has 1 amide bonds. The monoisotopic (exact) mass is 293 g/mol. The lowest BCUT2D eigenvalue weighted by molar-refractivity contribution is 0.0935. The maximum atomic E-state index is 12.0. The molecule has 6 heteroatoms. The van der Waals surface area contributed by atoms with E-state index < -0.39 is 0 Å². The Morgan fingerprint density at radius 1 is 1.47 bits per heavy atom. The Morgan fingerprint density at radius 2 is 2.21 bits per heavy atom. The average molecular weight is 294 g/mol. The second kappa shape index (κ2) is 4.16. The number of nitriles is 1. The van der Waals surface area contributed by atoms with Crippen molar-refractivity contribution in [2.24, 2.45) is 7.05 Å². The lowest BCUT2D eigenvalue weighted by atomic mass is 9.94. The molecule has 1 unspecified atom stereocenters. The van der Waals surface area contributed by atoms with Crippen molar-refractivity contribution in [1.29, 1.82) is 5.26 Å². The van der Waals surface area contributed by atoms with E-state index in [2.05, 4.69) is 11.4 Å². The summed E-state index contributed by atoms with van der Waals surface area (Å²) in [6, 6.07) is 5.71. The smallest absolute Gasteiger partial charge is 0.268 e. The van der Waals surface area contributed by atoms with Crippen LogP contribution in [0.3, 0.4) is 0 Å². The fraction of sp³-hybridized carbons (Fsp3) is 0.231. The molecule has 4 nitrogen and oxygen atoms in total. The first-order chi connectivity index (χ1) is 9.06. The molecule has 1 N–H and O–H groups in total. The van der Waals surface area contributed by atoms with Gasteiger partial charge in [0.15, 0.2) is 0 Å². The van der Waals surface area contributed by atoms with Gasteiger partial charge >= 0.3 is 0 Å². The Balaban J connectivity index is 2.50. The van der Waals surface area contributed by atoms with Crippen molar-refractivity contribution in [2.45, 2.75) is 5.92 Å². The Bertz CT molecular complexity index is 758. The van der Waals surface area contributed by atoms with Crippen LogP contribution >= 0.6 is 23.2 Å². The van der Waals surface area contributed by atoms with E-state index in [0.29, 0.717) is 27.8 Å². The molecule has 2 heterocycles. The average Bonchev–Trinajstić information content (AvgIpc) is 2.70. The van der Waals surface area contributed by atoms with Crippen LogP contribution in [0.25, 0.3) is 10.9 Å². The maximum absolute atomic E-state index is 12.0. The molecule has 0 radical (unpaired) electrons. The fourth-order valence-corrected chi connectivity index (χ4v) is 3.07. The topological polar surface area (TPSA) is 57.8 Å². The van der Waals surface area contributed by atoms with E-state index in [-0.39, 0.29) is 11.8 Å². The largest absolute Gasteiger partial charge is 0.349 e. The third-order valence-corrected chi connectivity index (χ3v) is 4.27. The number of nitrogens with one attached hydrogen (secondary N) is 1. The highest BCUT2D eigenvalue weighted by atomic mass is 35.5. The van der Waals surface area contributed by atoms with Crippen molar-refractivity contribution in [2.75, 3.05) is 6.54 Å². The number of carbonyl (C=O) groups is 1. The molecule has 19 heavy (non-hydrogen) atoms. The molecule has 1 atom stereocenters. The molecule has 0 spiro atoms. The summed E-state index contributed by atoms with van der Waals surface area (Å²) < 4.78 is 1.71. The molecule has 0 bridgehead atoms. The van der Waals surface area contributed by atoms with E-state index in [9.17, 15) is 10.1 Å². The zero-order valence-electron chi connectivity index (χ0n) is 10.00. The first kappa shape index (κ1) is 12.3. The molecule has 0 aliphatic carbocycles. The van der Waals surface area contributed by atoms with Crippen LogP contribution in [0.1, 0.15) is 22.0 Å². The van der Waals surface area contributed by atoms with Gasteiger partial charge in [-0.2, -0.15) is 5.26 Å². The second-order valence-electron chi connectivity index (χ2n) is 4.47. The summed E-state index contributed by atoms with van der Waals surface area (Å²) in [5.41, 5.74) is 1.91. The number of aromatic nitrogens is 1. The Kier molecular flexibility index (Phi) is 2.70. The summed E-state index contributed by atoms with van der Waals surface area (Å²) in [7, 11) is 1.75. The van der Waals surface area contributed by atoms with Crippen molar-refractivity contribution in [1.82, 2.24) is 9.88 Å². The number of benzene rings is 1. The van der Waals surface area contributed by atoms with Crippen LogP contribution in [0.15, 0.2) is 12.1 Å². The predicted molar refractivity (Wildman–Crippen MR) is 73.6 cm³/mol. The van der Waals surface area contributed by atoms with Crippen molar-refractivity contribution in [3.05, 3.63) is 33.4 Å². The minimum Gasteiger partial charge on any atom is -0.349 e. The summed E-state index contributed by atoms with van der Waals surface area (Å²) in [6.07, 6.45) is 0. The third-order valence-electron chi connectivity index (χ3n) is 3.47. The van der Waals surface area contributed by atoms with E-state index >= 15 is 0 Å². The van der Waals surface area contributed by atoms with Gasteiger partial charge in [0.2, 0.25) is 0 Å². The van der Waals surface area contributed by atoms with Gasteiger partial charge in [-0.15, -0.1) is 0 Å². The lowest BCUT2D eigenvalue weighted by Crippen LogP contribution is -2.35. The normalized spacial score (nSPS) is 18.0. The first-order valence-electron chi connectivity index (χ1n) is 5.70. The highest BCUT2D eigenvalue weighted by Gasteiger charge is 2.32. The predicted octanol–water partition coefficient (Wildman–Crippen LogP) is 2.84. The van der Waals surface area contributed by atoms with Gasteiger partial charge in [-0.05, 0) is 6.07 Å². The molecule has 2 aromatic rings. The molecular formula is C13H9Cl2N3O. The first-order valence-corrected chi connectivity index (χ1v) is 6.46. The van der Waals surface area contributed by atoms with Crippen LogP contribution in [0, 0.1) is 11.3 Å². The summed E-state index contributed by atoms with van der Waals surface area (Å²) in [4.78, 5) is 12.0. The van der Waals surface area contributed by atoms with Crippen molar-refractivity contribution >= 4 is 40.0 Å². The van der Waals surface area contributed by atoms with Crippen LogP contribution in [0.5, 0.6) is 0 Å². The minimum absolute atomic E-state index is 0.188. The highest BCUT2D eigenvalue weighted by Crippen LogP contribution is 2.39. The molecule has 0 fully saturated rings. The van der Waals surface area contributed by atoms with Gasteiger partial charge in [0.25, 0.3) is 5.91 Å². The molecule has 1 aromatic heterocycles. The lowest BCUT2D eigenvalue weighted by Gasteiger charge is -2.18. The van der Waals surface area contributed by atoms with Crippen LogP contribution < -0.4 is 5.32 Å². The zero-order valence-corrected chi connectivity index (χ0v) is 11.5. The summed E-state index contributed by atoms with van der Waals surface area (Å²) in [5.74, 6) is -0.555. The van der Waals surface area contributed by atoms with Crippen molar-refractivity contribution in [3.63, 3.8) is 0 Å². The van der Waals surface area contributed by atoms with Gasteiger partial charge in [0, 0.05) is 24.5 Å². The molecule has 96 valence electrons. The Hall–Kier alpha value is -1.70. The van der Waals surface area contributed by atoms with E-state index in [0.717, 1.165) is 10.9 Å². The van der Waals surface area contributed by atoms with Crippen LogP contribution in [-0.2, 0) is 7.05 Å². The number of hydrogen-bond acceptors (Lipinski definition) is 2. The molecular weight excluding hydrogens is 285 g/mol. The van der Waals surface area contributed by atoms with Crippen LogP contribution in [0.4, 0.5) is 0 Å². The third kappa shape index (κ3) is 1.55. The highest BCUT2D eigenvalue weighted by molar-refractivity contribution is 6.45. The molecule has 1 aliphatic rings. The fourth-order valence-electron chi connectivity index (χ4n) is 2.62. The molecule has 3 rings (SSSR count). The molecule has 1 aromatic carbocycles. The SMILES string of the molecule is Cn1c2c(c3ccc(Cl)c(Cl)c31)C(C#N)CNC2=O. The molecule has 1 aliphatic heterocycles. The number of rotatable bonds is 0. The van der Waals surface area contributed by atoms with E-state index in [1.807, 2.05) is 6.07 Å². The number of nitrogens with zero attached hydrogens (tertiary/aromatic N) is 2. The summed E-state index contributed by atoms with van der Waals surface area (Å²) in [6.45, 7) is 0.321. The molecule has 0 saturated carbocycles. The summed E-state index contributed by atoms with van der Waals surface area (Å²) in [5, 5.41) is 13.6. The van der Waals surface area contributed by atoms with Crippen molar-refractivity contribution < 1.29 is 4.79 Å². The number of aryl methyl sites for hydroxylation is 1. The number of halogens is 2. The van der Waals surface area contributed by atoms with E-state index in [1.54, 1.807) is 17.7 Å². The molecule has 0 saturated heterocycles. The standard InChI is InChI=1S/C13H9Cl2N3O/c1-18-11-7(2-3-8(14)10(11)15)9-6(4-16)5-17-13(19)12(9)18/h2-3,6H,5H2,1H3,(H,17,19). The van der Waals surface area contributed by atoms with Gasteiger partial charge in [-0.3, -0.25) is 4.79 Å². The minimum atomic E-state index is -0.367. The van der Waals surface area contributed by atoms with Gasteiger partial charge < -0.3 is 9.88 Å². The summed E-state index contributed by atoms with van der Waals surface area (Å²) >= 11 is 12.2. The number of fused-ring (bicyclic) bond motifs is 3. The van der Waals surface area contributed by atoms with Gasteiger partial charge in [0.1, 0.15) is 5.69 Å². The van der Waals surface area contributed by atoms with E-state index in [1.165, 1.54) is 0 Å². The Morgan fingerprint density at radius 3 is 2.89 bits per heavy atom. The number of amides is 1. The van der Waals surface area contributed by atoms with Gasteiger partial charge in [-0.25, -0.2) is 0 Å². The quantitative estimate of drug-likeness (QED) is 0.812. The Labute approximate surface area is 119 Å². The zero-order chi connectivity index (χ0) is 13.7. The van der Waals surface area contributed by atoms with Gasteiger partial charge in [-0.1, -0.05) is 29.3 Å².